The lowest BCUT2D eigenvalue weighted by Gasteiger charge is -2.09. The van der Waals surface area contributed by atoms with E-state index in [4.69, 9.17) is 17.3 Å². The summed E-state index contributed by atoms with van der Waals surface area (Å²) in [4.78, 5) is 0. The predicted molar refractivity (Wildman–Crippen MR) is 79.7 cm³/mol. The van der Waals surface area contributed by atoms with Gasteiger partial charge in [-0.15, -0.1) is 0 Å². The van der Waals surface area contributed by atoms with E-state index in [-0.39, 0.29) is 12.3 Å². The van der Waals surface area contributed by atoms with Crippen LogP contribution in [-0.4, -0.2) is 20.7 Å². The minimum Gasteiger partial charge on any atom is -0.320 e. The molecule has 1 rings (SSSR count). The van der Waals surface area contributed by atoms with Gasteiger partial charge in [-0.1, -0.05) is 36.8 Å². The minimum atomic E-state index is -3.35. The number of anilines is 1. The van der Waals surface area contributed by atoms with Crippen molar-refractivity contribution in [1.29, 1.82) is 0 Å². The van der Waals surface area contributed by atoms with Crippen molar-refractivity contribution in [3.05, 3.63) is 28.8 Å². The number of unbranched alkanes of at least 4 members (excludes halogenated alkanes) is 1. The van der Waals surface area contributed by atoms with Gasteiger partial charge in [-0.25, -0.2) is 8.42 Å². The van der Waals surface area contributed by atoms with Gasteiger partial charge in [-0.3, -0.25) is 4.72 Å². The summed E-state index contributed by atoms with van der Waals surface area (Å²) in [5.41, 5.74) is 6.27. The minimum absolute atomic E-state index is 0.0931. The lowest BCUT2D eigenvalue weighted by molar-refractivity contribution is 0.598. The van der Waals surface area contributed by atoms with Gasteiger partial charge in [0, 0.05) is 5.02 Å². The van der Waals surface area contributed by atoms with Gasteiger partial charge in [0.05, 0.1) is 23.5 Å². The Morgan fingerprint density at radius 2 is 2.16 bits per heavy atom. The molecular weight excluding hydrogens is 284 g/mol. The third-order valence-electron chi connectivity index (χ3n) is 2.34. The molecule has 104 valence electrons. The molecule has 0 aliphatic rings. The van der Waals surface area contributed by atoms with Gasteiger partial charge in [0.15, 0.2) is 0 Å². The zero-order chi connectivity index (χ0) is 14.3. The number of hydrogen-bond acceptors (Lipinski definition) is 3. The van der Waals surface area contributed by atoms with Crippen LogP contribution in [0.25, 0.3) is 0 Å². The summed E-state index contributed by atoms with van der Waals surface area (Å²) in [6.07, 6.45) is 1.44. The van der Waals surface area contributed by atoms with E-state index in [0.29, 0.717) is 22.7 Å². The maximum atomic E-state index is 11.9. The number of halogens is 1. The molecule has 6 heteroatoms. The van der Waals surface area contributed by atoms with Crippen molar-refractivity contribution in [2.45, 2.75) is 19.8 Å². The first-order chi connectivity index (χ1) is 8.98. The molecule has 0 unspecified atom stereocenters. The van der Waals surface area contributed by atoms with Crippen molar-refractivity contribution in [2.24, 2.45) is 5.73 Å². The van der Waals surface area contributed by atoms with E-state index in [1.807, 2.05) is 6.92 Å². The van der Waals surface area contributed by atoms with Crippen LogP contribution in [0.3, 0.4) is 0 Å². The van der Waals surface area contributed by atoms with E-state index in [0.717, 1.165) is 6.42 Å². The molecule has 0 atom stereocenters. The number of nitrogens with two attached hydrogens (primary N) is 1. The van der Waals surface area contributed by atoms with Crippen LogP contribution in [0.2, 0.25) is 5.02 Å². The molecule has 19 heavy (non-hydrogen) atoms. The van der Waals surface area contributed by atoms with Gasteiger partial charge in [-0.2, -0.15) is 0 Å². The monoisotopic (exact) mass is 300 g/mol. The zero-order valence-electron chi connectivity index (χ0n) is 10.7. The van der Waals surface area contributed by atoms with Crippen molar-refractivity contribution in [3.63, 3.8) is 0 Å². The Hall–Kier alpha value is -1.22. The summed E-state index contributed by atoms with van der Waals surface area (Å²) in [7, 11) is -3.35. The average molecular weight is 301 g/mol. The molecule has 0 aliphatic heterocycles. The molecule has 0 radical (unpaired) electrons. The molecule has 0 saturated carbocycles. The largest absolute Gasteiger partial charge is 0.320 e. The van der Waals surface area contributed by atoms with Gasteiger partial charge < -0.3 is 5.73 Å². The van der Waals surface area contributed by atoms with E-state index >= 15 is 0 Å². The Morgan fingerprint density at radius 1 is 1.42 bits per heavy atom. The summed E-state index contributed by atoms with van der Waals surface area (Å²) >= 11 is 5.87. The average Bonchev–Trinajstić information content (AvgIpc) is 2.36. The molecule has 3 N–H and O–H groups in total. The first-order valence-corrected chi connectivity index (χ1v) is 8.00. The van der Waals surface area contributed by atoms with Gasteiger partial charge in [0.1, 0.15) is 0 Å². The fourth-order valence-electron chi connectivity index (χ4n) is 1.41. The van der Waals surface area contributed by atoms with E-state index in [2.05, 4.69) is 16.6 Å². The molecule has 0 bridgehead atoms. The fourth-order valence-corrected chi connectivity index (χ4v) is 2.86. The Labute approximate surface area is 119 Å². The number of sulfonamides is 1. The highest BCUT2D eigenvalue weighted by Gasteiger charge is 2.12. The van der Waals surface area contributed by atoms with Crippen molar-refractivity contribution < 1.29 is 8.42 Å². The van der Waals surface area contributed by atoms with Crippen LogP contribution in [0.15, 0.2) is 18.2 Å². The van der Waals surface area contributed by atoms with E-state index in [1.54, 1.807) is 18.2 Å². The van der Waals surface area contributed by atoms with E-state index < -0.39 is 10.0 Å². The van der Waals surface area contributed by atoms with Gasteiger partial charge in [0.2, 0.25) is 10.0 Å². The third kappa shape index (κ3) is 5.52. The molecule has 0 spiro atoms. The molecule has 0 heterocycles. The second-order valence-electron chi connectivity index (χ2n) is 3.97. The Kier molecular flexibility index (Phi) is 6.16. The molecule has 0 aromatic heterocycles. The number of nitrogens with one attached hydrogen (secondary N) is 1. The van der Waals surface area contributed by atoms with Crippen molar-refractivity contribution in [2.75, 3.05) is 17.0 Å². The maximum Gasteiger partial charge on any atom is 0.232 e. The molecule has 1 aromatic rings. The summed E-state index contributed by atoms with van der Waals surface area (Å²) in [5, 5.41) is 0.498. The quantitative estimate of drug-likeness (QED) is 0.819. The van der Waals surface area contributed by atoms with Crippen LogP contribution in [0.5, 0.6) is 0 Å². The first-order valence-electron chi connectivity index (χ1n) is 5.97. The lowest BCUT2D eigenvalue weighted by atomic mass is 10.2. The smallest absolute Gasteiger partial charge is 0.232 e. The van der Waals surface area contributed by atoms with Crippen LogP contribution >= 0.6 is 11.6 Å². The first kappa shape index (κ1) is 15.8. The second-order valence-corrected chi connectivity index (χ2v) is 6.25. The molecule has 0 saturated heterocycles. The number of rotatable bonds is 5. The van der Waals surface area contributed by atoms with Crippen LogP contribution < -0.4 is 10.5 Å². The van der Waals surface area contributed by atoms with Crippen LogP contribution in [0.1, 0.15) is 25.3 Å². The van der Waals surface area contributed by atoms with Gasteiger partial charge in [-0.05, 0) is 24.6 Å². The maximum absolute atomic E-state index is 11.9. The standard InChI is InChI=1S/C13H17ClN2O2S/c1-2-3-9-19(17,18)16-13-7-6-12(14)10-11(13)5-4-8-15/h6-7,10,16H,2-3,8-9,15H2,1H3. The lowest BCUT2D eigenvalue weighted by Crippen LogP contribution is -2.17. The normalized spacial score (nSPS) is 10.7. The zero-order valence-corrected chi connectivity index (χ0v) is 12.3. The van der Waals surface area contributed by atoms with Crippen LogP contribution in [0, 0.1) is 11.8 Å². The highest BCUT2D eigenvalue weighted by Crippen LogP contribution is 2.21. The Bertz CT molecular complexity index is 588. The molecule has 0 fully saturated rings. The molecule has 1 aromatic carbocycles. The van der Waals surface area contributed by atoms with Crippen LogP contribution in [0.4, 0.5) is 5.69 Å². The molecule has 4 nitrogen and oxygen atoms in total. The summed E-state index contributed by atoms with van der Waals surface area (Å²) in [5.74, 6) is 5.58. The Morgan fingerprint density at radius 3 is 2.79 bits per heavy atom. The number of hydrogen-bond donors (Lipinski definition) is 2. The van der Waals surface area contributed by atoms with Crippen LogP contribution in [-0.2, 0) is 10.0 Å². The fraction of sp³-hybridized carbons (Fsp3) is 0.385. The SMILES string of the molecule is CCCCS(=O)(=O)Nc1ccc(Cl)cc1C#CCN. The summed E-state index contributed by atoms with van der Waals surface area (Å²) < 4.78 is 26.2. The molecular formula is C13H17ClN2O2S. The molecule has 0 aliphatic carbocycles. The highest BCUT2D eigenvalue weighted by atomic mass is 35.5. The highest BCUT2D eigenvalue weighted by molar-refractivity contribution is 7.92. The summed E-state index contributed by atoms with van der Waals surface area (Å²) in [6.45, 7) is 2.14. The molecule has 0 amide bonds. The summed E-state index contributed by atoms with van der Waals surface area (Å²) in [6, 6.07) is 4.83. The van der Waals surface area contributed by atoms with Gasteiger partial charge in [0.25, 0.3) is 0 Å². The Balaban J connectivity index is 3.00. The topological polar surface area (TPSA) is 72.2 Å². The third-order valence-corrected chi connectivity index (χ3v) is 3.93. The van der Waals surface area contributed by atoms with Crippen molar-refractivity contribution >= 4 is 27.3 Å². The van der Waals surface area contributed by atoms with E-state index in [1.165, 1.54) is 0 Å². The predicted octanol–water partition coefficient (Wildman–Crippen LogP) is 2.19. The second kappa shape index (κ2) is 7.39. The van der Waals surface area contributed by atoms with E-state index in [9.17, 15) is 8.42 Å². The van der Waals surface area contributed by atoms with Crippen molar-refractivity contribution in [1.82, 2.24) is 0 Å². The van der Waals surface area contributed by atoms with Crippen molar-refractivity contribution in [3.8, 4) is 11.8 Å². The van der Waals surface area contributed by atoms with Gasteiger partial charge >= 0.3 is 0 Å². The number of benzene rings is 1.